The summed E-state index contributed by atoms with van der Waals surface area (Å²) in [6.45, 7) is 1.92. The van der Waals surface area contributed by atoms with Crippen LogP contribution in [-0.2, 0) is 7.05 Å². The molecular formula is C14H14N4O. The molecule has 0 fully saturated rings. The summed E-state index contributed by atoms with van der Waals surface area (Å²) in [6.07, 6.45) is 1.61. The lowest BCUT2D eigenvalue weighted by Gasteiger charge is -2.10. The molecule has 0 amide bonds. The highest BCUT2D eigenvalue weighted by molar-refractivity contribution is 5.89. The molecule has 5 heteroatoms. The van der Waals surface area contributed by atoms with Gasteiger partial charge in [0.15, 0.2) is 5.75 Å². The lowest BCUT2D eigenvalue weighted by Crippen LogP contribution is -1.99. The second-order valence-corrected chi connectivity index (χ2v) is 4.41. The summed E-state index contributed by atoms with van der Waals surface area (Å²) in [5, 5.41) is 5.14. The zero-order valence-corrected chi connectivity index (χ0v) is 10.8. The van der Waals surface area contributed by atoms with Crippen LogP contribution in [0.5, 0.6) is 11.6 Å². The van der Waals surface area contributed by atoms with E-state index in [1.807, 2.05) is 44.3 Å². The second-order valence-electron chi connectivity index (χ2n) is 4.41. The highest BCUT2D eigenvalue weighted by Gasteiger charge is 2.11. The van der Waals surface area contributed by atoms with Crippen molar-refractivity contribution in [1.82, 2.24) is 14.8 Å². The summed E-state index contributed by atoms with van der Waals surface area (Å²) in [5.74, 6) is 1.27. The monoisotopic (exact) mass is 254 g/mol. The predicted molar refractivity (Wildman–Crippen MR) is 74.2 cm³/mol. The van der Waals surface area contributed by atoms with E-state index in [1.54, 1.807) is 10.9 Å². The number of aryl methyl sites for hydroxylation is 2. The lowest BCUT2D eigenvalue weighted by molar-refractivity contribution is 0.436. The second kappa shape index (κ2) is 4.28. The largest absolute Gasteiger partial charge is 0.436 e. The first kappa shape index (κ1) is 11.5. The molecule has 96 valence electrons. The normalized spacial score (nSPS) is 10.8. The van der Waals surface area contributed by atoms with Gasteiger partial charge in [-0.3, -0.25) is 4.98 Å². The molecule has 0 unspecified atom stereocenters. The third kappa shape index (κ3) is 1.99. The molecule has 3 rings (SSSR count). The average Bonchev–Trinajstić information content (AvgIpc) is 2.71. The van der Waals surface area contributed by atoms with E-state index in [4.69, 9.17) is 10.5 Å². The maximum absolute atomic E-state index is 5.97. The first-order valence-corrected chi connectivity index (χ1v) is 5.97. The number of benzene rings is 1. The van der Waals surface area contributed by atoms with E-state index in [-0.39, 0.29) is 0 Å². The SMILES string of the molecule is Cc1cc(Oc2c(N)cnc3ccccc23)n(C)n1. The Morgan fingerprint density at radius 2 is 2.05 bits per heavy atom. The number of aromatic nitrogens is 3. The minimum absolute atomic E-state index is 0.512. The van der Waals surface area contributed by atoms with Crippen molar-refractivity contribution in [3.05, 3.63) is 42.2 Å². The summed E-state index contributed by atoms with van der Waals surface area (Å²) in [7, 11) is 1.84. The Kier molecular flexibility index (Phi) is 2.59. The van der Waals surface area contributed by atoms with Crippen LogP contribution >= 0.6 is 0 Å². The van der Waals surface area contributed by atoms with Crippen molar-refractivity contribution in [2.75, 3.05) is 5.73 Å². The molecule has 2 N–H and O–H groups in total. The number of fused-ring (bicyclic) bond motifs is 1. The maximum Gasteiger partial charge on any atom is 0.217 e. The highest BCUT2D eigenvalue weighted by Crippen LogP contribution is 2.33. The quantitative estimate of drug-likeness (QED) is 0.763. The molecular weight excluding hydrogens is 240 g/mol. The van der Waals surface area contributed by atoms with Gasteiger partial charge < -0.3 is 10.5 Å². The van der Waals surface area contributed by atoms with E-state index >= 15 is 0 Å². The van der Waals surface area contributed by atoms with E-state index in [2.05, 4.69) is 10.1 Å². The van der Waals surface area contributed by atoms with Gasteiger partial charge in [-0.2, -0.15) is 5.10 Å². The molecule has 2 heterocycles. The summed E-state index contributed by atoms with van der Waals surface area (Å²) >= 11 is 0. The van der Waals surface area contributed by atoms with Crippen molar-refractivity contribution >= 4 is 16.6 Å². The van der Waals surface area contributed by atoms with Crippen LogP contribution < -0.4 is 10.5 Å². The van der Waals surface area contributed by atoms with Crippen LogP contribution in [-0.4, -0.2) is 14.8 Å². The van der Waals surface area contributed by atoms with Crippen LogP contribution in [0, 0.1) is 6.92 Å². The minimum Gasteiger partial charge on any atom is -0.436 e. The van der Waals surface area contributed by atoms with E-state index in [0.29, 0.717) is 17.3 Å². The number of nitrogen functional groups attached to an aromatic ring is 1. The topological polar surface area (TPSA) is 66.0 Å². The molecule has 0 bridgehead atoms. The van der Waals surface area contributed by atoms with E-state index < -0.39 is 0 Å². The highest BCUT2D eigenvalue weighted by atomic mass is 16.5. The zero-order valence-electron chi connectivity index (χ0n) is 10.8. The Balaban J connectivity index is 2.14. The first-order chi connectivity index (χ1) is 9.15. The first-order valence-electron chi connectivity index (χ1n) is 5.97. The van der Waals surface area contributed by atoms with E-state index in [1.165, 1.54) is 0 Å². The molecule has 1 aromatic carbocycles. The van der Waals surface area contributed by atoms with Crippen molar-refractivity contribution in [1.29, 1.82) is 0 Å². The molecule has 19 heavy (non-hydrogen) atoms. The van der Waals surface area contributed by atoms with Crippen molar-refractivity contribution in [2.45, 2.75) is 6.92 Å². The lowest BCUT2D eigenvalue weighted by atomic mass is 10.2. The van der Waals surface area contributed by atoms with Gasteiger partial charge in [-0.1, -0.05) is 12.1 Å². The van der Waals surface area contributed by atoms with Gasteiger partial charge in [0, 0.05) is 18.5 Å². The number of hydrogen-bond acceptors (Lipinski definition) is 4. The van der Waals surface area contributed by atoms with Crippen LogP contribution in [0.25, 0.3) is 10.9 Å². The molecule has 0 aliphatic heterocycles. The molecule has 3 aromatic rings. The number of rotatable bonds is 2. The number of nitrogens with zero attached hydrogens (tertiary/aromatic N) is 3. The Bertz CT molecular complexity index is 748. The van der Waals surface area contributed by atoms with Gasteiger partial charge in [-0.25, -0.2) is 4.68 Å². The van der Waals surface area contributed by atoms with Gasteiger partial charge in [-0.15, -0.1) is 0 Å². The van der Waals surface area contributed by atoms with Gasteiger partial charge >= 0.3 is 0 Å². The van der Waals surface area contributed by atoms with Crippen LogP contribution in [0.4, 0.5) is 5.69 Å². The van der Waals surface area contributed by atoms with Gasteiger partial charge in [-0.05, 0) is 19.1 Å². The van der Waals surface area contributed by atoms with Crippen LogP contribution in [0.3, 0.4) is 0 Å². The summed E-state index contributed by atoms with van der Waals surface area (Å²) < 4.78 is 7.59. The average molecular weight is 254 g/mol. The van der Waals surface area contributed by atoms with Gasteiger partial charge in [0.2, 0.25) is 5.88 Å². The van der Waals surface area contributed by atoms with Crippen LogP contribution in [0.1, 0.15) is 5.69 Å². The molecule has 0 aliphatic carbocycles. The fourth-order valence-electron chi connectivity index (χ4n) is 2.03. The molecule has 0 atom stereocenters. The van der Waals surface area contributed by atoms with E-state index in [9.17, 15) is 0 Å². The van der Waals surface area contributed by atoms with Crippen molar-refractivity contribution in [3.8, 4) is 11.6 Å². The number of nitrogens with two attached hydrogens (primary N) is 1. The van der Waals surface area contributed by atoms with Gasteiger partial charge in [0.05, 0.1) is 23.1 Å². The molecule has 5 nitrogen and oxygen atoms in total. The van der Waals surface area contributed by atoms with E-state index in [0.717, 1.165) is 16.6 Å². The van der Waals surface area contributed by atoms with Crippen LogP contribution in [0.2, 0.25) is 0 Å². The standard InChI is InChI=1S/C14H14N4O/c1-9-7-13(18(2)17-9)19-14-10-5-3-4-6-12(10)16-8-11(14)15/h3-8H,15H2,1-2H3. The molecule has 0 aliphatic rings. The number of para-hydroxylation sites is 1. The maximum atomic E-state index is 5.97. The molecule has 0 saturated carbocycles. The molecule has 0 spiro atoms. The predicted octanol–water partition coefficient (Wildman–Crippen LogP) is 2.65. The third-order valence-corrected chi connectivity index (χ3v) is 2.92. The van der Waals surface area contributed by atoms with Gasteiger partial charge in [0.1, 0.15) is 0 Å². The minimum atomic E-state index is 0.512. The third-order valence-electron chi connectivity index (χ3n) is 2.92. The molecule has 2 aromatic heterocycles. The zero-order chi connectivity index (χ0) is 13.4. The van der Waals surface area contributed by atoms with Gasteiger partial charge in [0.25, 0.3) is 0 Å². The van der Waals surface area contributed by atoms with Crippen LogP contribution in [0.15, 0.2) is 36.5 Å². The Labute approximate surface area is 110 Å². The van der Waals surface area contributed by atoms with Crippen molar-refractivity contribution < 1.29 is 4.74 Å². The smallest absolute Gasteiger partial charge is 0.217 e. The fourth-order valence-corrected chi connectivity index (χ4v) is 2.03. The van der Waals surface area contributed by atoms with Crippen molar-refractivity contribution in [3.63, 3.8) is 0 Å². The Morgan fingerprint density at radius 3 is 2.79 bits per heavy atom. The molecule has 0 saturated heterocycles. The van der Waals surface area contributed by atoms with Crippen molar-refractivity contribution in [2.24, 2.45) is 7.05 Å². The summed E-state index contributed by atoms with van der Waals surface area (Å²) in [5.41, 5.74) is 8.24. The number of ether oxygens (including phenoxy) is 1. The summed E-state index contributed by atoms with van der Waals surface area (Å²) in [6, 6.07) is 9.61. The number of anilines is 1. The fraction of sp³-hybridized carbons (Fsp3) is 0.143. The Morgan fingerprint density at radius 1 is 1.26 bits per heavy atom. The summed E-state index contributed by atoms with van der Waals surface area (Å²) in [4.78, 5) is 4.28. The molecule has 0 radical (unpaired) electrons. The Hall–Kier alpha value is -2.56. The number of hydrogen-bond donors (Lipinski definition) is 1. The number of pyridine rings is 1.